The van der Waals surface area contributed by atoms with Crippen LogP contribution in [0.4, 0.5) is 0 Å². The maximum absolute atomic E-state index is 11.6. The summed E-state index contributed by atoms with van der Waals surface area (Å²) in [7, 11) is 1.78. The lowest BCUT2D eigenvalue weighted by Gasteiger charge is -2.12. The Morgan fingerprint density at radius 2 is 2.11 bits per heavy atom. The van der Waals surface area contributed by atoms with Gasteiger partial charge in [-0.15, -0.1) is 0 Å². The molecule has 1 aromatic rings. The summed E-state index contributed by atoms with van der Waals surface area (Å²) >= 11 is 0. The fraction of sp³-hybridized carbons (Fsp3) is 0.583. The van der Waals surface area contributed by atoms with Gasteiger partial charge in [0.2, 0.25) is 0 Å². The van der Waals surface area contributed by atoms with Gasteiger partial charge < -0.3 is 15.2 Å². The largest absolute Gasteiger partial charge is 0.480 e. The first-order valence-corrected chi connectivity index (χ1v) is 6.02. The van der Waals surface area contributed by atoms with Crippen molar-refractivity contribution in [1.82, 2.24) is 15.1 Å². The third-order valence-electron chi connectivity index (χ3n) is 2.83. The van der Waals surface area contributed by atoms with Crippen LogP contribution >= 0.6 is 0 Å². The summed E-state index contributed by atoms with van der Waals surface area (Å²) in [6.07, 6.45) is 0.325. The van der Waals surface area contributed by atoms with Crippen molar-refractivity contribution < 1.29 is 19.4 Å². The zero-order valence-electron chi connectivity index (χ0n) is 11.6. The average molecular weight is 269 g/mol. The minimum absolute atomic E-state index is 0.225. The van der Waals surface area contributed by atoms with Gasteiger partial charge in [-0.3, -0.25) is 9.48 Å². The molecule has 19 heavy (non-hydrogen) atoms. The van der Waals surface area contributed by atoms with E-state index in [2.05, 4.69) is 10.4 Å². The molecule has 1 atom stereocenters. The number of carbonyl (C=O) groups excluding carboxylic acids is 1. The summed E-state index contributed by atoms with van der Waals surface area (Å²) in [5.41, 5.74) is 1.51. The first-order chi connectivity index (χ1) is 8.86. The van der Waals surface area contributed by atoms with Crippen molar-refractivity contribution in [3.8, 4) is 5.75 Å². The maximum atomic E-state index is 11.6. The van der Waals surface area contributed by atoms with Crippen LogP contribution in [0.1, 0.15) is 24.7 Å². The van der Waals surface area contributed by atoms with Crippen LogP contribution in [0, 0.1) is 13.8 Å². The van der Waals surface area contributed by atoms with Gasteiger partial charge in [-0.25, -0.2) is 4.79 Å². The van der Waals surface area contributed by atoms with E-state index in [9.17, 15) is 9.59 Å². The predicted molar refractivity (Wildman–Crippen MR) is 68.0 cm³/mol. The Balaban J connectivity index is 2.57. The summed E-state index contributed by atoms with van der Waals surface area (Å²) < 4.78 is 7.05. The van der Waals surface area contributed by atoms with Crippen molar-refractivity contribution >= 4 is 11.9 Å². The molecule has 0 radical (unpaired) electrons. The lowest BCUT2D eigenvalue weighted by atomic mass is 10.2. The molecule has 0 aliphatic heterocycles. The Morgan fingerprint density at radius 1 is 1.47 bits per heavy atom. The van der Waals surface area contributed by atoms with Crippen LogP contribution in [-0.2, 0) is 16.6 Å². The highest BCUT2D eigenvalue weighted by molar-refractivity contribution is 5.84. The molecule has 0 spiro atoms. The molecule has 0 fully saturated rings. The van der Waals surface area contributed by atoms with Crippen molar-refractivity contribution in [2.75, 3.05) is 6.61 Å². The molecule has 0 aliphatic carbocycles. The molecule has 2 N–H and O–H groups in total. The van der Waals surface area contributed by atoms with E-state index in [1.54, 1.807) is 25.6 Å². The molecule has 1 heterocycles. The quantitative estimate of drug-likeness (QED) is 0.779. The Kier molecular flexibility index (Phi) is 4.91. The number of hydrogen-bond donors (Lipinski definition) is 2. The Bertz CT molecular complexity index is 482. The molecule has 106 valence electrons. The first-order valence-electron chi connectivity index (χ1n) is 6.02. The first kappa shape index (κ1) is 15.0. The number of amides is 1. The predicted octanol–water partition coefficient (Wildman–Crippen LogP) is 0.395. The van der Waals surface area contributed by atoms with Gasteiger partial charge in [-0.05, 0) is 20.3 Å². The van der Waals surface area contributed by atoms with E-state index in [0.29, 0.717) is 17.9 Å². The third-order valence-corrected chi connectivity index (χ3v) is 2.83. The summed E-state index contributed by atoms with van der Waals surface area (Å²) in [5, 5.41) is 15.4. The van der Waals surface area contributed by atoms with Crippen LogP contribution in [0.25, 0.3) is 0 Å². The molecule has 0 aromatic carbocycles. The van der Waals surface area contributed by atoms with E-state index in [1.807, 2.05) is 6.92 Å². The molecule has 0 aliphatic rings. The summed E-state index contributed by atoms with van der Waals surface area (Å²) in [5.74, 6) is -0.956. The summed E-state index contributed by atoms with van der Waals surface area (Å²) in [4.78, 5) is 22.4. The van der Waals surface area contributed by atoms with Gasteiger partial charge in [0.25, 0.3) is 5.91 Å². The lowest BCUT2D eigenvalue weighted by Crippen LogP contribution is -2.42. The minimum Gasteiger partial charge on any atom is -0.480 e. The zero-order chi connectivity index (χ0) is 14.6. The Morgan fingerprint density at radius 3 is 2.53 bits per heavy atom. The third kappa shape index (κ3) is 3.70. The van der Waals surface area contributed by atoms with E-state index in [4.69, 9.17) is 9.84 Å². The van der Waals surface area contributed by atoms with Gasteiger partial charge >= 0.3 is 5.97 Å². The number of aromatic nitrogens is 2. The number of rotatable bonds is 6. The molecule has 1 amide bonds. The van der Waals surface area contributed by atoms with Crippen LogP contribution in [-0.4, -0.2) is 39.4 Å². The van der Waals surface area contributed by atoms with Crippen LogP contribution in [0.2, 0.25) is 0 Å². The second kappa shape index (κ2) is 6.21. The monoisotopic (exact) mass is 269 g/mol. The second-order valence-corrected chi connectivity index (χ2v) is 4.28. The van der Waals surface area contributed by atoms with Crippen LogP contribution in [0.15, 0.2) is 0 Å². The molecule has 1 unspecified atom stereocenters. The lowest BCUT2D eigenvalue weighted by molar-refractivity contribution is -0.142. The van der Waals surface area contributed by atoms with Crippen LogP contribution < -0.4 is 10.1 Å². The van der Waals surface area contributed by atoms with Crippen molar-refractivity contribution in [2.45, 2.75) is 33.2 Å². The fourth-order valence-corrected chi connectivity index (χ4v) is 1.68. The van der Waals surface area contributed by atoms with Gasteiger partial charge in [-0.1, -0.05) is 6.92 Å². The number of hydrogen-bond acceptors (Lipinski definition) is 4. The number of nitrogens with one attached hydrogen (secondary N) is 1. The van der Waals surface area contributed by atoms with Crippen LogP contribution in [0.5, 0.6) is 5.75 Å². The van der Waals surface area contributed by atoms with Gasteiger partial charge in [0, 0.05) is 7.05 Å². The minimum atomic E-state index is -1.05. The van der Waals surface area contributed by atoms with E-state index >= 15 is 0 Å². The number of carbonyl (C=O) groups is 2. The molecular formula is C12H19N3O4. The van der Waals surface area contributed by atoms with Crippen molar-refractivity contribution in [1.29, 1.82) is 0 Å². The van der Waals surface area contributed by atoms with Gasteiger partial charge in [0.15, 0.2) is 12.4 Å². The maximum Gasteiger partial charge on any atom is 0.326 e. The van der Waals surface area contributed by atoms with Gasteiger partial charge in [0.05, 0.1) is 5.69 Å². The number of carboxylic acids is 1. The number of ether oxygens (including phenoxy) is 1. The molecule has 7 nitrogen and oxygen atoms in total. The molecule has 0 saturated carbocycles. The Hall–Kier alpha value is -2.05. The van der Waals surface area contributed by atoms with E-state index in [-0.39, 0.29) is 6.61 Å². The van der Waals surface area contributed by atoms with E-state index in [0.717, 1.165) is 5.69 Å². The molecule has 0 saturated heterocycles. The smallest absolute Gasteiger partial charge is 0.326 e. The molecule has 0 bridgehead atoms. The molecular weight excluding hydrogens is 250 g/mol. The topological polar surface area (TPSA) is 93.5 Å². The highest BCUT2D eigenvalue weighted by Crippen LogP contribution is 2.20. The number of carboxylic acid groups (broad SMARTS) is 1. The molecule has 1 aromatic heterocycles. The second-order valence-electron chi connectivity index (χ2n) is 4.28. The average Bonchev–Trinajstić information content (AvgIpc) is 2.58. The van der Waals surface area contributed by atoms with E-state index < -0.39 is 17.9 Å². The van der Waals surface area contributed by atoms with Crippen molar-refractivity contribution in [3.63, 3.8) is 0 Å². The number of nitrogens with zero attached hydrogens (tertiary/aromatic N) is 2. The fourth-order valence-electron chi connectivity index (χ4n) is 1.68. The number of aryl methyl sites for hydroxylation is 2. The normalized spacial score (nSPS) is 12.0. The van der Waals surface area contributed by atoms with Crippen molar-refractivity contribution in [2.24, 2.45) is 7.05 Å². The van der Waals surface area contributed by atoms with E-state index in [1.165, 1.54) is 0 Å². The number of aliphatic carboxylic acids is 1. The Labute approximate surface area is 111 Å². The molecule has 1 rings (SSSR count). The van der Waals surface area contributed by atoms with Crippen molar-refractivity contribution in [3.05, 3.63) is 11.4 Å². The zero-order valence-corrected chi connectivity index (χ0v) is 11.6. The highest BCUT2D eigenvalue weighted by Gasteiger charge is 2.18. The summed E-state index contributed by atoms with van der Waals surface area (Å²) in [6, 6.07) is -0.882. The standard InChI is InChI=1S/C12H19N3O4/c1-5-9(12(17)18)13-10(16)6-19-11-7(2)14-15(4)8(11)3/h9H,5-6H2,1-4H3,(H,13,16)(H,17,18). The highest BCUT2D eigenvalue weighted by atomic mass is 16.5. The summed E-state index contributed by atoms with van der Waals surface area (Å²) in [6.45, 7) is 5.08. The SMILES string of the molecule is CCC(NC(=O)COc1c(C)nn(C)c1C)C(=O)O. The van der Waals surface area contributed by atoms with Gasteiger partial charge in [0.1, 0.15) is 11.7 Å². The van der Waals surface area contributed by atoms with Gasteiger partial charge in [-0.2, -0.15) is 5.10 Å². The molecule has 7 heteroatoms. The van der Waals surface area contributed by atoms with Crippen LogP contribution in [0.3, 0.4) is 0 Å².